The molecule has 5 rings (SSSR count). The number of para-hydroxylation sites is 1. The minimum Gasteiger partial charge on any atom is -0.496 e. The number of carbonyl (C=O) groups is 1. The predicted octanol–water partition coefficient (Wildman–Crippen LogP) is 4.50. The van der Waals surface area contributed by atoms with Crippen molar-refractivity contribution in [3.8, 4) is 11.8 Å². The summed E-state index contributed by atoms with van der Waals surface area (Å²) in [5, 5.41) is 9.23. The van der Waals surface area contributed by atoms with Crippen molar-refractivity contribution < 1.29 is 14.3 Å². The van der Waals surface area contributed by atoms with E-state index in [0.717, 1.165) is 54.6 Å². The number of fused-ring (bicyclic) bond motifs is 1. The van der Waals surface area contributed by atoms with Crippen LogP contribution in [0.2, 0.25) is 0 Å². The van der Waals surface area contributed by atoms with Gasteiger partial charge in [-0.3, -0.25) is 4.90 Å². The van der Waals surface area contributed by atoms with Gasteiger partial charge in [0.25, 0.3) is 0 Å². The molecule has 7 heteroatoms. The Hall–Kier alpha value is -3.53. The molecule has 1 aliphatic carbocycles. The van der Waals surface area contributed by atoms with E-state index in [4.69, 9.17) is 9.47 Å². The Kier molecular flexibility index (Phi) is 5.22. The average Bonchev–Trinajstić information content (AvgIpc) is 3.33. The molecule has 2 fully saturated rings. The zero-order valence-corrected chi connectivity index (χ0v) is 18.2. The standard InChI is InChI=1S/C25H26N4O3/c1-31-23-7-3-2-6-20(23)15-28-16-25(32-24(28)30)10-4-5-19(12-25)14-29-17-27-21-9-8-18(13-26)11-22(21)29/h2-3,6-9,11,17,19H,4-5,10,12,14-16H2,1H3. The Balaban J connectivity index is 1.31. The molecule has 2 atom stereocenters. The second kappa shape index (κ2) is 8.19. The van der Waals surface area contributed by atoms with Crippen molar-refractivity contribution in [1.82, 2.24) is 14.5 Å². The van der Waals surface area contributed by atoms with E-state index in [0.29, 0.717) is 24.6 Å². The summed E-state index contributed by atoms with van der Waals surface area (Å²) in [4.78, 5) is 19.0. The van der Waals surface area contributed by atoms with E-state index in [1.165, 1.54) is 0 Å². The van der Waals surface area contributed by atoms with Crippen molar-refractivity contribution in [2.24, 2.45) is 5.92 Å². The highest BCUT2D eigenvalue weighted by Crippen LogP contribution is 2.41. The first-order valence-corrected chi connectivity index (χ1v) is 11.0. The lowest BCUT2D eigenvalue weighted by Crippen LogP contribution is -2.40. The topological polar surface area (TPSA) is 80.4 Å². The van der Waals surface area contributed by atoms with E-state index in [-0.39, 0.29) is 6.09 Å². The van der Waals surface area contributed by atoms with Crippen LogP contribution < -0.4 is 4.74 Å². The van der Waals surface area contributed by atoms with Gasteiger partial charge >= 0.3 is 6.09 Å². The molecule has 1 saturated heterocycles. The number of benzene rings is 2. The molecule has 1 aromatic heterocycles. The van der Waals surface area contributed by atoms with Crippen LogP contribution in [-0.4, -0.2) is 39.8 Å². The summed E-state index contributed by atoms with van der Waals surface area (Å²) < 4.78 is 13.6. The smallest absolute Gasteiger partial charge is 0.410 e. The molecular weight excluding hydrogens is 404 g/mol. The highest BCUT2D eigenvalue weighted by Gasteiger charge is 2.48. The lowest BCUT2D eigenvalue weighted by Gasteiger charge is -2.36. The molecule has 0 radical (unpaired) electrons. The molecule has 164 valence electrons. The van der Waals surface area contributed by atoms with E-state index in [2.05, 4.69) is 15.6 Å². The van der Waals surface area contributed by atoms with Crippen molar-refractivity contribution in [2.75, 3.05) is 13.7 Å². The van der Waals surface area contributed by atoms with Crippen LogP contribution in [0.25, 0.3) is 11.0 Å². The fraction of sp³-hybridized carbons (Fsp3) is 0.400. The van der Waals surface area contributed by atoms with Crippen LogP contribution in [0.15, 0.2) is 48.8 Å². The van der Waals surface area contributed by atoms with Gasteiger partial charge < -0.3 is 14.0 Å². The molecular formula is C25H26N4O3. The summed E-state index contributed by atoms with van der Waals surface area (Å²) in [6.07, 6.45) is 5.43. The number of aromatic nitrogens is 2. The Morgan fingerprint density at radius 2 is 2.19 bits per heavy atom. The van der Waals surface area contributed by atoms with E-state index < -0.39 is 5.60 Å². The van der Waals surface area contributed by atoms with Crippen LogP contribution in [0.5, 0.6) is 5.75 Å². The first-order valence-electron chi connectivity index (χ1n) is 11.0. The van der Waals surface area contributed by atoms with Crippen LogP contribution in [0.4, 0.5) is 4.79 Å². The highest BCUT2D eigenvalue weighted by atomic mass is 16.6. The van der Waals surface area contributed by atoms with Crippen molar-refractivity contribution >= 4 is 17.1 Å². The molecule has 32 heavy (non-hydrogen) atoms. The highest BCUT2D eigenvalue weighted by molar-refractivity contribution is 5.77. The van der Waals surface area contributed by atoms with E-state index in [1.807, 2.05) is 42.7 Å². The third-order valence-electron chi connectivity index (χ3n) is 6.71. The van der Waals surface area contributed by atoms with Crippen LogP contribution in [-0.2, 0) is 17.8 Å². The third kappa shape index (κ3) is 3.77. The number of hydrogen-bond donors (Lipinski definition) is 0. The molecule has 2 unspecified atom stereocenters. The number of methoxy groups -OCH3 is 1. The summed E-state index contributed by atoms with van der Waals surface area (Å²) in [6, 6.07) is 15.6. The van der Waals surface area contributed by atoms with Gasteiger partial charge in [-0.25, -0.2) is 9.78 Å². The molecule has 2 aromatic carbocycles. The number of imidazole rings is 1. The van der Waals surface area contributed by atoms with Crippen molar-refractivity contribution in [2.45, 2.75) is 44.4 Å². The van der Waals surface area contributed by atoms with Crippen LogP contribution in [0.1, 0.15) is 36.8 Å². The summed E-state index contributed by atoms with van der Waals surface area (Å²) in [5.41, 5.74) is 3.05. The Labute approximate surface area is 187 Å². The minimum absolute atomic E-state index is 0.247. The van der Waals surface area contributed by atoms with Gasteiger partial charge in [0.2, 0.25) is 0 Å². The lowest BCUT2D eigenvalue weighted by atomic mass is 9.78. The third-order valence-corrected chi connectivity index (χ3v) is 6.71. The van der Waals surface area contributed by atoms with Gasteiger partial charge in [-0.1, -0.05) is 18.2 Å². The molecule has 0 N–H and O–H groups in total. The zero-order valence-electron chi connectivity index (χ0n) is 18.2. The Bertz CT molecular complexity index is 1200. The van der Waals surface area contributed by atoms with Gasteiger partial charge in [-0.2, -0.15) is 5.26 Å². The zero-order chi connectivity index (χ0) is 22.1. The van der Waals surface area contributed by atoms with E-state index >= 15 is 0 Å². The van der Waals surface area contributed by atoms with E-state index in [1.54, 1.807) is 18.1 Å². The maximum absolute atomic E-state index is 12.7. The summed E-state index contributed by atoms with van der Waals surface area (Å²) in [7, 11) is 1.65. The van der Waals surface area contributed by atoms with Crippen molar-refractivity contribution in [3.05, 3.63) is 59.9 Å². The largest absolute Gasteiger partial charge is 0.496 e. The number of nitrogens with zero attached hydrogens (tertiary/aromatic N) is 4. The number of carbonyl (C=O) groups excluding carboxylic acids is 1. The first-order chi connectivity index (χ1) is 15.6. The van der Waals surface area contributed by atoms with Gasteiger partial charge in [0.1, 0.15) is 11.4 Å². The molecule has 0 bridgehead atoms. The number of nitriles is 1. The van der Waals surface area contributed by atoms with E-state index in [9.17, 15) is 10.1 Å². The van der Waals surface area contributed by atoms with Crippen LogP contribution in [0.3, 0.4) is 0 Å². The second-order valence-corrected chi connectivity index (χ2v) is 8.89. The molecule has 1 spiro atoms. The summed E-state index contributed by atoms with van der Waals surface area (Å²) >= 11 is 0. The van der Waals surface area contributed by atoms with Crippen LogP contribution in [0, 0.1) is 17.2 Å². The van der Waals surface area contributed by atoms with Gasteiger partial charge in [0.15, 0.2) is 0 Å². The fourth-order valence-corrected chi connectivity index (χ4v) is 5.24. The number of hydrogen-bond acceptors (Lipinski definition) is 5. The molecule has 2 aliphatic rings. The lowest BCUT2D eigenvalue weighted by molar-refractivity contribution is 0.00415. The van der Waals surface area contributed by atoms with Crippen LogP contribution >= 0.6 is 0 Å². The van der Waals surface area contributed by atoms with Gasteiger partial charge in [-0.15, -0.1) is 0 Å². The molecule has 1 saturated carbocycles. The predicted molar refractivity (Wildman–Crippen MR) is 119 cm³/mol. The Morgan fingerprint density at radius 3 is 3.03 bits per heavy atom. The first kappa shape index (κ1) is 20.4. The fourth-order valence-electron chi connectivity index (χ4n) is 5.24. The number of ether oxygens (including phenoxy) is 2. The maximum atomic E-state index is 12.7. The molecule has 1 amide bonds. The van der Waals surface area contributed by atoms with Crippen molar-refractivity contribution in [1.29, 1.82) is 5.26 Å². The maximum Gasteiger partial charge on any atom is 0.410 e. The van der Waals surface area contributed by atoms with Gasteiger partial charge in [0, 0.05) is 12.1 Å². The molecule has 2 heterocycles. The Morgan fingerprint density at radius 1 is 1.31 bits per heavy atom. The number of amides is 1. The SMILES string of the molecule is COc1ccccc1CN1CC2(CCCC(Cn3cnc4ccc(C#N)cc43)C2)OC1=O. The molecule has 1 aliphatic heterocycles. The molecule has 7 nitrogen and oxygen atoms in total. The van der Waals surface area contributed by atoms with Gasteiger partial charge in [0.05, 0.1) is 49.2 Å². The normalized spacial score (nSPS) is 22.8. The minimum atomic E-state index is -0.434. The molecule has 3 aromatic rings. The monoisotopic (exact) mass is 430 g/mol. The summed E-state index contributed by atoms with van der Waals surface area (Å²) in [5.74, 6) is 1.16. The van der Waals surface area contributed by atoms with Crippen molar-refractivity contribution in [3.63, 3.8) is 0 Å². The van der Waals surface area contributed by atoms with Gasteiger partial charge in [-0.05, 0) is 55.9 Å². The summed E-state index contributed by atoms with van der Waals surface area (Å²) in [6.45, 7) is 1.89. The number of rotatable bonds is 5. The average molecular weight is 431 g/mol. The quantitative estimate of drug-likeness (QED) is 0.595. The second-order valence-electron chi connectivity index (χ2n) is 8.89.